The molecule has 1 aliphatic rings. The van der Waals surface area contributed by atoms with Crippen LogP contribution in [0.1, 0.15) is 29.5 Å². The second-order valence-corrected chi connectivity index (χ2v) is 6.87. The van der Waals surface area contributed by atoms with Crippen LogP contribution in [0.4, 0.5) is 0 Å². The van der Waals surface area contributed by atoms with Crippen molar-refractivity contribution in [2.24, 2.45) is 5.92 Å². The molecule has 0 N–H and O–H groups in total. The average molecular weight is 371 g/mol. The van der Waals surface area contributed by atoms with Crippen LogP contribution >= 0.6 is 0 Å². The SMILES string of the molecule is COCCN1C(=O)C[C@@H](C(=O)N(C)Cc2cc(C)on2)[C@@H]1c1ccccc1. The van der Waals surface area contributed by atoms with E-state index in [4.69, 9.17) is 9.26 Å². The number of ether oxygens (including phenoxy) is 1. The minimum absolute atomic E-state index is 0.0232. The highest BCUT2D eigenvalue weighted by Gasteiger charge is 2.45. The van der Waals surface area contributed by atoms with Crippen molar-refractivity contribution in [2.75, 3.05) is 27.3 Å². The first-order chi connectivity index (χ1) is 13.0. The molecule has 27 heavy (non-hydrogen) atoms. The summed E-state index contributed by atoms with van der Waals surface area (Å²) in [5, 5.41) is 3.95. The van der Waals surface area contributed by atoms with E-state index in [1.807, 2.05) is 43.3 Å². The average Bonchev–Trinajstić information content (AvgIpc) is 3.22. The predicted octanol–water partition coefficient (Wildman–Crippen LogP) is 2.18. The molecule has 0 unspecified atom stereocenters. The van der Waals surface area contributed by atoms with E-state index in [-0.39, 0.29) is 24.3 Å². The summed E-state index contributed by atoms with van der Waals surface area (Å²) in [7, 11) is 3.34. The zero-order chi connectivity index (χ0) is 19.4. The van der Waals surface area contributed by atoms with Gasteiger partial charge in [0.2, 0.25) is 11.8 Å². The first-order valence-electron chi connectivity index (χ1n) is 9.01. The van der Waals surface area contributed by atoms with Gasteiger partial charge in [0.25, 0.3) is 0 Å². The van der Waals surface area contributed by atoms with Crippen LogP contribution < -0.4 is 0 Å². The molecule has 2 aromatic rings. The van der Waals surface area contributed by atoms with E-state index < -0.39 is 5.92 Å². The number of methoxy groups -OCH3 is 1. The van der Waals surface area contributed by atoms with Crippen molar-refractivity contribution in [3.05, 3.63) is 53.4 Å². The van der Waals surface area contributed by atoms with Gasteiger partial charge in [-0.15, -0.1) is 0 Å². The maximum absolute atomic E-state index is 13.2. The van der Waals surface area contributed by atoms with E-state index in [9.17, 15) is 9.59 Å². The molecule has 7 nitrogen and oxygen atoms in total. The van der Waals surface area contributed by atoms with Crippen LogP contribution in [0.3, 0.4) is 0 Å². The Labute approximate surface area is 158 Å². The number of hydrogen-bond acceptors (Lipinski definition) is 5. The lowest BCUT2D eigenvalue weighted by Gasteiger charge is -2.30. The molecule has 1 aliphatic heterocycles. The van der Waals surface area contributed by atoms with Gasteiger partial charge in [-0.05, 0) is 12.5 Å². The molecule has 1 fully saturated rings. The lowest BCUT2D eigenvalue weighted by molar-refractivity contribution is -0.135. The first-order valence-corrected chi connectivity index (χ1v) is 9.01. The zero-order valence-corrected chi connectivity index (χ0v) is 15.9. The van der Waals surface area contributed by atoms with Crippen molar-refractivity contribution < 1.29 is 18.8 Å². The van der Waals surface area contributed by atoms with Crippen LogP contribution in [-0.2, 0) is 20.9 Å². The third-order valence-corrected chi connectivity index (χ3v) is 4.88. The number of hydrogen-bond donors (Lipinski definition) is 0. The number of carbonyl (C=O) groups excluding carboxylic acids is 2. The molecule has 0 saturated carbocycles. The fraction of sp³-hybridized carbons (Fsp3) is 0.450. The molecule has 144 valence electrons. The van der Waals surface area contributed by atoms with Crippen molar-refractivity contribution in [3.63, 3.8) is 0 Å². The molecule has 1 aromatic heterocycles. The van der Waals surface area contributed by atoms with E-state index in [1.165, 1.54) is 0 Å². The number of aromatic nitrogens is 1. The molecular formula is C20H25N3O4. The maximum atomic E-state index is 13.2. The summed E-state index contributed by atoms with van der Waals surface area (Å²) in [6.07, 6.45) is 0.199. The molecule has 0 radical (unpaired) electrons. The number of benzene rings is 1. The summed E-state index contributed by atoms with van der Waals surface area (Å²) >= 11 is 0. The predicted molar refractivity (Wildman–Crippen MR) is 98.6 cm³/mol. The van der Waals surface area contributed by atoms with Gasteiger partial charge in [-0.2, -0.15) is 0 Å². The summed E-state index contributed by atoms with van der Waals surface area (Å²) in [6, 6.07) is 11.2. The van der Waals surface area contributed by atoms with Gasteiger partial charge in [-0.1, -0.05) is 35.5 Å². The lowest BCUT2D eigenvalue weighted by atomic mass is 9.92. The van der Waals surface area contributed by atoms with Crippen molar-refractivity contribution in [1.29, 1.82) is 0 Å². The molecule has 3 rings (SSSR count). The van der Waals surface area contributed by atoms with Gasteiger partial charge >= 0.3 is 0 Å². The second kappa shape index (κ2) is 8.35. The van der Waals surface area contributed by atoms with Crippen LogP contribution in [0.5, 0.6) is 0 Å². The van der Waals surface area contributed by atoms with Gasteiger partial charge in [-0.3, -0.25) is 9.59 Å². The van der Waals surface area contributed by atoms with Gasteiger partial charge in [0.05, 0.1) is 25.1 Å². The van der Waals surface area contributed by atoms with Crippen LogP contribution in [0.2, 0.25) is 0 Å². The minimum atomic E-state index is -0.435. The summed E-state index contributed by atoms with van der Waals surface area (Å²) in [5.74, 6) is 0.173. The Morgan fingerprint density at radius 2 is 2.11 bits per heavy atom. The quantitative estimate of drug-likeness (QED) is 0.746. The Morgan fingerprint density at radius 3 is 2.74 bits per heavy atom. The Balaban J connectivity index is 1.82. The Hall–Kier alpha value is -2.67. The number of rotatable bonds is 7. The number of nitrogens with zero attached hydrogens (tertiary/aromatic N) is 3. The molecule has 2 amide bonds. The van der Waals surface area contributed by atoms with Crippen LogP contribution in [-0.4, -0.2) is 54.1 Å². The zero-order valence-electron chi connectivity index (χ0n) is 15.9. The van der Waals surface area contributed by atoms with Crippen molar-refractivity contribution in [3.8, 4) is 0 Å². The van der Waals surface area contributed by atoms with E-state index in [0.717, 1.165) is 5.56 Å². The third kappa shape index (κ3) is 4.19. The highest BCUT2D eigenvalue weighted by molar-refractivity contribution is 5.90. The van der Waals surface area contributed by atoms with Gasteiger partial charge in [0.1, 0.15) is 11.5 Å². The molecule has 0 aliphatic carbocycles. The van der Waals surface area contributed by atoms with E-state index in [1.54, 1.807) is 24.0 Å². The standard InChI is InChI=1S/C20H25N3O4/c1-14-11-16(21-27-14)13-22(2)20(25)17-12-18(24)23(9-10-26-3)19(17)15-7-5-4-6-8-15/h4-8,11,17,19H,9-10,12-13H2,1-3H3/t17-,19+/m1/s1. The Kier molecular flexibility index (Phi) is 5.91. The van der Waals surface area contributed by atoms with Gasteiger partial charge in [0, 0.05) is 33.2 Å². The fourth-order valence-corrected chi connectivity index (χ4v) is 3.62. The largest absolute Gasteiger partial charge is 0.383 e. The molecule has 2 atom stereocenters. The summed E-state index contributed by atoms with van der Waals surface area (Å²) in [5.41, 5.74) is 1.66. The summed E-state index contributed by atoms with van der Waals surface area (Å²) in [6.45, 7) is 3.06. The number of aryl methyl sites for hydroxylation is 1. The highest BCUT2D eigenvalue weighted by atomic mass is 16.5. The van der Waals surface area contributed by atoms with Crippen LogP contribution in [0.25, 0.3) is 0 Å². The number of carbonyl (C=O) groups is 2. The van der Waals surface area contributed by atoms with E-state index in [2.05, 4.69) is 5.16 Å². The van der Waals surface area contributed by atoms with Crippen molar-refractivity contribution in [2.45, 2.75) is 25.9 Å². The normalized spacial score (nSPS) is 19.5. The molecule has 7 heteroatoms. The van der Waals surface area contributed by atoms with Crippen molar-refractivity contribution >= 4 is 11.8 Å². The van der Waals surface area contributed by atoms with Gasteiger partial charge in [-0.25, -0.2) is 0 Å². The maximum Gasteiger partial charge on any atom is 0.228 e. The van der Waals surface area contributed by atoms with E-state index in [0.29, 0.717) is 31.2 Å². The summed E-state index contributed by atoms with van der Waals surface area (Å²) < 4.78 is 10.2. The molecular weight excluding hydrogens is 346 g/mol. The molecule has 0 bridgehead atoms. The second-order valence-electron chi connectivity index (χ2n) is 6.87. The van der Waals surface area contributed by atoms with Gasteiger partial charge in [0.15, 0.2) is 0 Å². The molecule has 1 saturated heterocycles. The van der Waals surface area contributed by atoms with Crippen LogP contribution in [0.15, 0.2) is 40.9 Å². The van der Waals surface area contributed by atoms with Crippen molar-refractivity contribution in [1.82, 2.24) is 15.0 Å². The minimum Gasteiger partial charge on any atom is -0.383 e. The molecule has 2 heterocycles. The molecule has 1 aromatic carbocycles. The topological polar surface area (TPSA) is 75.9 Å². The molecule has 0 spiro atoms. The summed E-state index contributed by atoms with van der Waals surface area (Å²) in [4.78, 5) is 29.2. The highest BCUT2D eigenvalue weighted by Crippen LogP contribution is 2.39. The smallest absolute Gasteiger partial charge is 0.228 e. The fourth-order valence-electron chi connectivity index (χ4n) is 3.62. The van der Waals surface area contributed by atoms with Crippen LogP contribution in [0, 0.1) is 12.8 Å². The van der Waals surface area contributed by atoms with Gasteiger partial charge < -0.3 is 19.1 Å². The first kappa shape index (κ1) is 19.1. The Bertz CT molecular complexity index is 790. The number of likely N-dealkylation sites (tertiary alicyclic amines) is 1. The third-order valence-electron chi connectivity index (χ3n) is 4.88. The lowest BCUT2D eigenvalue weighted by Crippen LogP contribution is -2.37. The van der Waals surface area contributed by atoms with E-state index >= 15 is 0 Å². The number of amides is 2. The Morgan fingerprint density at radius 1 is 1.37 bits per heavy atom. The monoisotopic (exact) mass is 371 g/mol.